The summed E-state index contributed by atoms with van der Waals surface area (Å²) >= 11 is 0. The van der Waals surface area contributed by atoms with Gasteiger partial charge in [0.05, 0.1) is 12.3 Å². The van der Waals surface area contributed by atoms with Crippen LogP contribution in [-0.4, -0.2) is 20.4 Å². The van der Waals surface area contributed by atoms with E-state index in [2.05, 4.69) is 15.5 Å². The van der Waals surface area contributed by atoms with Crippen LogP contribution in [0, 0.1) is 6.92 Å². The van der Waals surface area contributed by atoms with Crippen molar-refractivity contribution in [1.82, 2.24) is 10.2 Å². The minimum absolute atomic E-state index is 0.00822. The summed E-state index contributed by atoms with van der Waals surface area (Å²) < 4.78 is 0. The number of aliphatic hydroxyl groups excluding tert-OH is 1. The Morgan fingerprint density at radius 3 is 2.59 bits per heavy atom. The molecule has 0 saturated heterocycles. The van der Waals surface area contributed by atoms with Gasteiger partial charge in [0, 0.05) is 11.8 Å². The van der Waals surface area contributed by atoms with E-state index in [4.69, 9.17) is 0 Å². The molecule has 0 saturated carbocycles. The highest BCUT2D eigenvalue weighted by atomic mass is 16.3. The van der Waals surface area contributed by atoms with Crippen molar-refractivity contribution in [2.45, 2.75) is 13.5 Å². The Hall–Kier alpha value is -2.79. The van der Waals surface area contributed by atoms with Gasteiger partial charge in [-0.1, -0.05) is 12.1 Å². The number of aromatic nitrogens is 2. The average molecular weight is 295 g/mol. The number of nitrogens with one attached hydrogen (secondary N) is 2. The summed E-state index contributed by atoms with van der Waals surface area (Å²) in [6.07, 6.45) is 0. The summed E-state index contributed by atoms with van der Waals surface area (Å²) in [6, 6.07) is 14.6. The highest BCUT2D eigenvalue weighted by Crippen LogP contribution is 2.25. The molecule has 0 aliphatic rings. The zero-order chi connectivity index (χ0) is 15.5. The van der Waals surface area contributed by atoms with E-state index in [-0.39, 0.29) is 12.4 Å². The van der Waals surface area contributed by atoms with Crippen LogP contribution in [0.15, 0.2) is 48.5 Å². The maximum absolute atomic E-state index is 9.32. The van der Waals surface area contributed by atoms with E-state index < -0.39 is 0 Å². The van der Waals surface area contributed by atoms with Crippen LogP contribution in [0.25, 0.3) is 11.3 Å². The molecule has 0 amide bonds. The first kappa shape index (κ1) is 14.2. The molecule has 0 atom stereocenters. The van der Waals surface area contributed by atoms with Gasteiger partial charge < -0.3 is 15.5 Å². The summed E-state index contributed by atoms with van der Waals surface area (Å²) in [4.78, 5) is 0. The van der Waals surface area contributed by atoms with Gasteiger partial charge in [0.2, 0.25) is 0 Å². The maximum Gasteiger partial charge on any atom is 0.152 e. The molecule has 0 aliphatic heterocycles. The van der Waals surface area contributed by atoms with E-state index in [0.29, 0.717) is 5.82 Å². The molecule has 112 valence electrons. The topological polar surface area (TPSA) is 81.2 Å². The van der Waals surface area contributed by atoms with Gasteiger partial charge >= 0.3 is 0 Å². The van der Waals surface area contributed by atoms with Crippen molar-refractivity contribution in [3.8, 4) is 17.0 Å². The van der Waals surface area contributed by atoms with Gasteiger partial charge in [-0.3, -0.25) is 5.10 Å². The summed E-state index contributed by atoms with van der Waals surface area (Å²) in [7, 11) is 0. The molecule has 22 heavy (non-hydrogen) atoms. The molecule has 4 N–H and O–H groups in total. The molecular weight excluding hydrogens is 278 g/mol. The van der Waals surface area contributed by atoms with Crippen LogP contribution >= 0.6 is 0 Å². The molecule has 3 aromatic rings. The number of nitrogens with zero attached hydrogens (tertiary/aromatic N) is 1. The van der Waals surface area contributed by atoms with Gasteiger partial charge in [0.25, 0.3) is 0 Å². The minimum Gasteiger partial charge on any atom is -0.508 e. The molecule has 1 aromatic heterocycles. The Morgan fingerprint density at radius 2 is 1.86 bits per heavy atom. The predicted molar refractivity (Wildman–Crippen MR) is 86.1 cm³/mol. The number of anilines is 2. The molecule has 0 radical (unpaired) electrons. The largest absolute Gasteiger partial charge is 0.508 e. The van der Waals surface area contributed by atoms with Crippen molar-refractivity contribution in [2.24, 2.45) is 0 Å². The smallest absolute Gasteiger partial charge is 0.152 e. The van der Waals surface area contributed by atoms with Crippen LogP contribution in [0.3, 0.4) is 0 Å². The Bertz CT molecular complexity index is 779. The van der Waals surface area contributed by atoms with Gasteiger partial charge in [-0.05, 0) is 53.9 Å². The fourth-order valence-corrected chi connectivity index (χ4v) is 2.21. The van der Waals surface area contributed by atoms with Crippen LogP contribution in [0.4, 0.5) is 11.5 Å². The first-order valence-corrected chi connectivity index (χ1v) is 6.98. The quantitative estimate of drug-likeness (QED) is 0.595. The molecule has 0 fully saturated rings. The second kappa shape index (κ2) is 5.91. The number of aromatic hydroxyl groups is 1. The zero-order valence-corrected chi connectivity index (χ0v) is 12.2. The summed E-state index contributed by atoms with van der Waals surface area (Å²) in [6.45, 7) is 2.01. The third-order valence-electron chi connectivity index (χ3n) is 3.50. The number of phenols is 1. The monoisotopic (exact) mass is 295 g/mol. The molecule has 5 heteroatoms. The summed E-state index contributed by atoms with van der Waals surface area (Å²) in [5.74, 6) is 0.930. The van der Waals surface area contributed by atoms with E-state index in [1.165, 1.54) is 0 Å². The van der Waals surface area contributed by atoms with Crippen LogP contribution in [0.2, 0.25) is 0 Å². The van der Waals surface area contributed by atoms with Crippen molar-refractivity contribution in [3.63, 3.8) is 0 Å². The van der Waals surface area contributed by atoms with E-state index in [1.807, 2.05) is 43.3 Å². The number of H-pyrrole nitrogens is 1. The normalized spacial score (nSPS) is 10.6. The van der Waals surface area contributed by atoms with Crippen molar-refractivity contribution in [3.05, 3.63) is 59.7 Å². The number of aryl methyl sites for hydroxylation is 1. The van der Waals surface area contributed by atoms with Crippen molar-refractivity contribution < 1.29 is 10.2 Å². The molecule has 0 unspecified atom stereocenters. The fraction of sp³-hybridized carbons (Fsp3) is 0.118. The first-order valence-electron chi connectivity index (χ1n) is 6.98. The van der Waals surface area contributed by atoms with Gasteiger partial charge in [-0.15, -0.1) is 0 Å². The third kappa shape index (κ3) is 2.94. The SMILES string of the molecule is Cc1ccc(CO)cc1Nc1cc(-c2ccc(O)cc2)[nH]n1. The molecule has 2 aromatic carbocycles. The molecule has 0 bridgehead atoms. The number of phenolic OH excluding ortho intramolecular Hbond substituents is 1. The number of aromatic amines is 1. The number of hydrogen-bond donors (Lipinski definition) is 4. The first-order chi connectivity index (χ1) is 10.7. The van der Waals surface area contributed by atoms with Gasteiger partial charge in [0.15, 0.2) is 5.82 Å². The number of benzene rings is 2. The molecule has 0 spiro atoms. The number of rotatable bonds is 4. The lowest BCUT2D eigenvalue weighted by Crippen LogP contribution is -1.95. The Kier molecular flexibility index (Phi) is 3.80. The summed E-state index contributed by atoms with van der Waals surface area (Å²) in [5, 5.41) is 29.0. The highest BCUT2D eigenvalue weighted by Gasteiger charge is 2.06. The van der Waals surface area contributed by atoms with E-state index in [9.17, 15) is 10.2 Å². The fourth-order valence-electron chi connectivity index (χ4n) is 2.21. The van der Waals surface area contributed by atoms with Crippen molar-refractivity contribution >= 4 is 11.5 Å². The lowest BCUT2D eigenvalue weighted by Gasteiger charge is -2.08. The maximum atomic E-state index is 9.32. The second-order valence-corrected chi connectivity index (χ2v) is 5.15. The Labute approximate surface area is 128 Å². The van der Waals surface area contributed by atoms with Gasteiger partial charge in [0.1, 0.15) is 5.75 Å². The Balaban J connectivity index is 1.84. The highest BCUT2D eigenvalue weighted by molar-refractivity contribution is 5.67. The van der Waals surface area contributed by atoms with Crippen LogP contribution in [-0.2, 0) is 6.61 Å². The zero-order valence-electron chi connectivity index (χ0n) is 12.2. The minimum atomic E-state index is 0.00822. The average Bonchev–Trinajstić information content (AvgIpc) is 2.99. The molecule has 3 rings (SSSR count). The Morgan fingerprint density at radius 1 is 1.09 bits per heavy atom. The van der Waals surface area contributed by atoms with E-state index in [0.717, 1.165) is 28.1 Å². The molecular formula is C17H17N3O2. The van der Waals surface area contributed by atoms with Crippen molar-refractivity contribution in [1.29, 1.82) is 0 Å². The second-order valence-electron chi connectivity index (χ2n) is 5.15. The lowest BCUT2D eigenvalue weighted by molar-refractivity contribution is 0.282. The molecule has 1 heterocycles. The van der Waals surface area contributed by atoms with Crippen LogP contribution in [0.5, 0.6) is 5.75 Å². The van der Waals surface area contributed by atoms with Crippen LogP contribution < -0.4 is 5.32 Å². The number of aliphatic hydroxyl groups is 1. The van der Waals surface area contributed by atoms with Crippen molar-refractivity contribution in [2.75, 3.05) is 5.32 Å². The van der Waals surface area contributed by atoms with Gasteiger partial charge in [-0.25, -0.2) is 0 Å². The standard InChI is InChI=1S/C17H17N3O2/c1-11-2-3-12(10-21)8-15(11)18-17-9-16(19-20-17)13-4-6-14(22)7-5-13/h2-9,21-22H,10H2,1H3,(H2,18,19,20). The van der Waals surface area contributed by atoms with E-state index in [1.54, 1.807) is 12.1 Å². The van der Waals surface area contributed by atoms with Gasteiger partial charge in [-0.2, -0.15) is 5.10 Å². The third-order valence-corrected chi connectivity index (χ3v) is 3.50. The van der Waals surface area contributed by atoms with Crippen LogP contribution in [0.1, 0.15) is 11.1 Å². The lowest BCUT2D eigenvalue weighted by atomic mass is 10.1. The summed E-state index contributed by atoms with van der Waals surface area (Å²) in [5.41, 5.74) is 4.64. The van der Waals surface area contributed by atoms with E-state index >= 15 is 0 Å². The molecule has 5 nitrogen and oxygen atoms in total. The predicted octanol–water partition coefficient (Wildman–Crippen LogP) is 3.33. The molecule has 0 aliphatic carbocycles. The number of hydrogen-bond acceptors (Lipinski definition) is 4.